The lowest BCUT2D eigenvalue weighted by atomic mass is 10.2. The Balaban J connectivity index is 0.000000161. The molecule has 0 aliphatic carbocycles. The second kappa shape index (κ2) is 11.3. The standard InChI is InChI=1S/C14H9BrFN3O.C14H10FN3O2/c15-8-5-11-14(19-7-8)13(3-4-18-11)20-12-2-1-9(17)6-10(12)16;15-10-5-8(16)1-2-12(10)20-13-3-4-17-11-6-9(19)7-18-14(11)13/h1-7H,17H2;1-7,19H,16H2. The third-order valence-electron chi connectivity index (χ3n) is 5.38. The van der Waals surface area contributed by atoms with E-state index in [0.29, 0.717) is 44.9 Å². The molecular weight excluding hydrogens is 586 g/mol. The normalized spacial score (nSPS) is 10.7. The van der Waals surface area contributed by atoms with Crippen LogP contribution in [-0.2, 0) is 0 Å². The summed E-state index contributed by atoms with van der Waals surface area (Å²) in [6, 6.07) is 14.9. The molecule has 4 aromatic heterocycles. The number of nitrogens with two attached hydrogens (primary N) is 2. The number of hydrogen-bond acceptors (Lipinski definition) is 9. The van der Waals surface area contributed by atoms with Gasteiger partial charge in [-0.2, -0.15) is 0 Å². The van der Waals surface area contributed by atoms with E-state index in [1.54, 1.807) is 36.7 Å². The molecule has 0 saturated carbocycles. The van der Waals surface area contributed by atoms with Crippen LogP contribution in [0.1, 0.15) is 0 Å². The number of halogens is 3. The molecule has 0 bridgehead atoms. The van der Waals surface area contributed by atoms with E-state index in [0.717, 1.165) is 4.47 Å². The lowest BCUT2D eigenvalue weighted by Crippen LogP contribution is -1.93. The molecule has 40 heavy (non-hydrogen) atoms. The van der Waals surface area contributed by atoms with E-state index < -0.39 is 11.6 Å². The van der Waals surface area contributed by atoms with Gasteiger partial charge < -0.3 is 26.0 Å². The highest BCUT2D eigenvalue weighted by Crippen LogP contribution is 2.32. The van der Waals surface area contributed by atoms with Crippen LogP contribution in [0.15, 0.2) is 89.9 Å². The second-order valence-electron chi connectivity index (χ2n) is 8.28. The Labute approximate surface area is 234 Å². The number of pyridine rings is 4. The van der Waals surface area contributed by atoms with Crippen LogP contribution >= 0.6 is 15.9 Å². The van der Waals surface area contributed by atoms with E-state index in [1.165, 1.54) is 42.7 Å². The van der Waals surface area contributed by atoms with Gasteiger partial charge in [-0.15, -0.1) is 0 Å². The SMILES string of the molecule is Nc1ccc(Oc2ccnc3cc(Br)cnc23)c(F)c1.Nc1ccc(Oc2ccnc3cc(O)cnc23)c(F)c1. The Morgan fingerprint density at radius 1 is 0.625 bits per heavy atom. The minimum Gasteiger partial charge on any atom is -0.506 e. The monoisotopic (exact) mass is 604 g/mol. The van der Waals surface area contributed by atoms with Crippen molar-refractivity contribution in [2.24, 2.45) is 0 Å². The maximum absolute atomic E-state index is 13.8. The third kappa shape index (κ3) is 5.97. The summed E-state index contributed by atoms with van der Waals surface area (Å²) in [5.74, 6) is -0.163. The molecule has 0 amide bonds. The molecule has 0 unspecified atom stereocenters. The van der Waals surface area contributed by atoms with Crippen molar-refractivity contribution >= 4 is 49.4 Å². The summed E-state index contributed by atoms with van der Waals surface area (Å²) in [6.45, 7) is 0. The fraction of sp³-hybridized carbons (Fsp3) is 0. The van der Waals surface area contributed by atoms with Crippen LogP contribution in [0.5, 0.6) is 28.7 Å². The van der Waals surface area contributed by atoms with Crippen molar-refractivity contribution in [3.8, 4) is 28.7 Å². The smallest absolute Gasteiger partial charge is 0.167 e. The third-order valence-corrected chi connectivity index (χ3v) is 5.82. The van der Waals surface area contributed by atoms with Crippen molar-refractivity contribution in [3.63, 3.8) is 0 Å². The molecule has 6 aromatic rings. The minimum atomic E-state index is -0.561. The quantitative estimate of drug-likeness (QED) is 0.186. The van der Waals surface area contributed by atoms with E-state index >= 15 is 0 Å². The molecule has 6 rings (SSSR count). The lowest BCUT2D eigenvalue weighted by molar-refractivity contribution is 0.445. The molecule has 200 valence electrons. The number of ether oxygens (including phenoxy) is 2. The molecule has 2 aromatic carbocycles. The first-order chi connectivity index (χ1) is 19.3. The van der Waals surface area contributed by atoms with Gasteiger partial charge in [0.05, 0.1) is 17.2 Å². The van der Waals surface area contributed by atoms with E-state index in [-0.39, 0.29) is 17.2 Å². The fourth-order valence-electron chi connectivity index (χ4n) is 3.58. The first kappa shape index (κ1) is 26.5. The molecule has 0 spiro atoms. The maximum Gasteiger partial charge on any atom is 0.167 e. The van der Waals surface area contributed by atoms with Crippen LogP contribution in [0.4, 0.5) is 20.2 Å². The van der Waals surface area contributed by atoms with Crippen LogP contribution in [-0.4, -0.2) is 25.0 Å². The summed E-state index contributed by atoms with van der Waals surface area (Å²) < 4.78 is 39.4. The number of aromatic hydroxyl groups is 1. The Morgan fingerprint density at radius 2 is 1.12 bits per heavy atom. The van der Waals surface area contributed by atoms with Gasteiger partial charge in [0.15, 0.2) is 34.6 Å². The first-order valence-corrected chi connectivity index (χ1v) is 12.4. The highest BCUT2D eigenvalue weighted by atomic mass is 79.9. The highest BCUT2D eigenvalue weighted by Gasteiger charge is 2.11. The lowest BCUT2D eigenvalue weighted by Gasteiger charge is -2.09. The Morgan fingerprint density at radius 3 is 1.65 bits per heavy atom. The summed E-state index contributed by atoms with van der Waals surface area (Å²) >= 11 is 3.33. The average Bonchev–Trinajstić information content (AvgIpc) is 2.92. The predicted octanol–water partition coefficient (Wildman–Crippen LogP) is 6.75. The predicted molar refractivity (Wildman–Crippen MR) is 150 cm³/mol. The van der Waals surface area contributed by atoms with Gasteiger partial charge in [-0.1, -0.05) is 0 Å². The van der Waals surface area contributed by atoms with E-state index in [4.69, 9.17) is 20.9 Å². The topological polar surface area (TPSA) is 142 Å². The largest absolute Gasteiger partial charge is 0.506 e. The molecule has 12 heteroatoms. The highest BCUT2D eigenvalue weighted by molar-refractivity contribution is 9.10. The van der Waals surface area contributed by atoms with Gasteiger partial charge in [-0.25, -0.2) is 18.7 Å². The van der Waals surface area contributed by atoms with Crippen molar-refractivity contribution in [2.45, 2.75) is 0 Å². The van der Waals surface area contributed by atoms with Gasteiger partial charge in [-0.3, -0.25) is 9.97 Å². The Bertz CT molecular complexity index is 1720. The summed E-state index contributed by atoms with van der Waals surface area (Å²) in [5, 5.41) is 9.37. The van der Waals surface area contributed by atoms with Crippen molar-refractivity contribution in [1.82, 2.24) is 19.9 Å². The molecule has 0 saturated heterocycles. The summed E-state index contributed by atoms with van der Waals surface area (Å²) in [4.78, 5) is 16.5. The zero-order chi connectivity index (χ0) is 28.2. The molecule has 0 aliphatic heterocycles. The number of benzene rings is 2. The number of nitrogen functional groups attached to an aromatic ring is 2. The summed E-state index contributed by atoms with van der Waals surface area (Å²) in [7, 11) is 0. The van der Waals surface area contributed by atoms with Crippen molar-refractivity contribution in [3.05, 3.63) is 102 Å². The number of rotatable bonds is 4. The first-order valence-electron chi connectivity index (χ1n) is 11.6. The molecule has 4 heterocycles. The molecule has 0 radical (unpaired) electrons. The van der Waals surface area contributed by atoms with Gasteiger partial charge in [-0.05, 0) is 46.3 Å². The van der Waals surface area contributed by atoms with Crippen LogP contribution in [0.2, 0.25) is 0 Å². The second-order valence-corrected chi connectivity index (χ2v) is 9.20. The van der Waals surface area contributed by atoms with Crippen molar-refractivity contribution in [2.75, 3.05) is 11.5 Å². The van der Waals surface area contributed by atoms with Gasteiger partial charge >= 0.3 is 0 Å². The zero-order valence-corrected chi connectivity index (χ0v) is 22.0. The van der Waals surface area contributed by atoms with Crippen LogP contribution in [0.25, 0.3) is 22.1 Å². The molecule has 0 atom stereocenters. The van der Waals surface area contributed by atoms with Crippen LogP contribution in [0, 0.1) is 11.6 Å². The average molecular weight is 605 g/mol. The number of anilines is 2. The van der Waals surface area contributed by atoms with Crippen LogP contribution < -0.4 is 20.9 Å². The van der Waals surface area contributed by atoms with E-state index in [9.17, 15) is 13.9 Å². The van der Waals surface area contributed by atoms with Gasteiger partial charge in [0.1, 0.15) is 16.8 Å². The molecular formula is C28H19BrF2N6O3. The van der Waals surface area contributed by atoms with Gasteiger partial charge in [0.25, 0.3) is 0 Å². The Hall–Kier alpha value is -5.10. The van der Waals surface area contributed by atoms with E-state index in [2.05, 4.69) is 35.9 Å². The summed E-state index contributed by atoms with van der Waals surface area (Å²) in [6.07, 6.45) is 5.99. The van der Waals surface area contributed by atoms with Crippen molar-refractivity contribution in [1.29, 1.82) is 0 Å². The molecule has 5 N–H and O–H groups in total. The van der Waals surface area contributed by atoms with Crippen molar-refractivity contribution < 1.29 is 23.4 Å². The number of aromatic nitrogens is 4. The van der Waals surface area contributed by atoms with Crippen LogP contribution in [0.3, 0.4) is 0 Å². The number of nitrogens with zero attached hydrogens (tertiary/aromatic N) is 4. The Kier molecular flexibility index (Phi) is 7.51. The van der Waals surface area contributed by atoms with Gasteiger partial charge in [0, 0.05) is 64.8 Å². The molecule has 0 fully saturated rings. The summed E-state index contributed by atoms with van der Waals surface area (Å²) in [5.41, 5.74) is 13.8. The minimum absolute atomic E-state index is 0.000755. The fourth-order valence-corrected chi connectivity index (χ4v) is 3.90. The zero-order valence-electron chi connectivity index (χ0n) is 20.4. The number of fused-ring (bicyclic) bond motifs is 2. The number of hydrogen-bond donors (Lipinski definition) is 3. The molecule has 9 nitrogen and oxygen atoms in total. The van der Waals surface area contributed by atoms with Gasteiger partial charge in [0.2, 0.25) is 0 Å². The molecule has 0 aliphatic rings. The van der Waals surface area contributed by atoms with E-state index in [1.807, 2.05) is 6.07 Å². The maximum atomic E-state index is 13.8.